The van der Waals surface area contributed by atoms with Crippen LogP contribution >= 0.6 is 0 Å². The Balaban J connectivity index is 1.63. The molecule has 31 heavy (non-hydrogen) atoms. The van der Waals surface area contributed by atoms with E-state index in [0.29, 0.717) is 5.65 Å². The van der Waals surface area contributed by atoms with E-state index >= 15 is 0 Å². The molecule has 0 amide bonds. The quantitative estimate of drug-likeness (QED) is 0.439. The Morgan fingerprint density at radius 3 is 2.32 bits per heavy atom. The highest BCUT2D eigenvalue weighted by molar-refractivity contribution is 6.06. The number of aromatic nitrogens is 3. The zero-order chi connectivity index (χ0) is 21.3. The molecule has 1 aliphatic carbocycles. The molecular weight excluding hydrogens is 394 g/mol. The molecule has 7 nitrogen and oxygen atoms in total. The Morgan fingerprint density at radius 2 is 1.58 bits per heavy atom. The monoisotopic (exact) mass is 419 g/mol. The fraction of sp³-hybridized carbons (Fsp3) is 0.417. The van der Waals surface area contributed by atoms with Crippen molar-refractivity contribution >= 4 is 33.1 Å². The predicted molar refractivity (Wildman–Crippen MR) is 117 cm³/mol. The van der Waals surface area contributed by atoms with Gasteiger partial charge < -0.3 is 20.1 Å². The van der Waals surface area contributed by atoms with Crippen LogP contribution < -0.4 is 0 Å². The highest BCUT2D eigenvalue weighted by Crippen LogP contribution is 2.37. The summed E-state index contributed by atoms with van der Waals surface area (Å²) < 4.78 is 7.79. The number of hydrogen-bond donors (Lipinski definition) is 3. The Morgan fingerprint density at radius 1 is 0.903 bits per heavy atom. The molecule has 0 unspecified atom stereocenters. The summed E-state index contributed by atoms with van der Waals surface area (Å²) in [6.07, 6.45) is -0.770. The van der Waals surface area contributed by atoms with Gasteiger partial charge in [-0.3, -0.25) is 4.57 Å². The van der Waals surface area contributed by atoms with Crippen molar-refractivity contribution in [3.05, 3.63) is 47.5 Å². The summed E-state index contributed by atoms with van der Waals surface area (Å²) >= 11 is 0. The molecular formula is C24H25N3O4. The maximum Gasteiger partial charge on any atom is 0.164 e. The van der Waals surface area contributed by atoms with Gasteiger partial charge in [-0.2, -0.15) is 0 Å². The highest BCUT2D eigenvalue weighted by Gasteiger charge is 2.43. The first-order valence-corrected chi connectivity index (χ1v) is 10.9. The second kappa shape index (κ2) is 6.97. The van der Waals surface area contributed by atoms with E-state index in [9.17, 15) is 15.3 Å². The van der Waals surface area contributed by atoms with Crippen LogP contribution in [-0.2, 0) is 17.6 Å². The normalized spacial score (nSPS) is 29.0. The number of rotatable bonds is 1. The third-order valence-electron chi connectivity index (χ3n) is 6.84. The van der Waals surface area contributed by atoms with E-state index in [-0.39, 0.29) is 0 Å². The van der Waals surface area contributed by atoms with Gasteiger partial charge in [-0.15, -0.1) is 0 Å². The van der Waals surface area contributed by atoms with Crippen LogP contribution in [0.25, 0.3) is 33.1 Å². The van der Waals surface area contributed by atoms with Crippen molar-refractivity contribution < 1.29 is 20.1 Å². The lowest BCUT2D eigenvalue weighted by Gasteiger charge is -2.40. The molecule has 0 spiro atoms. The Labute approximate surface area is 178 Å². The molecule has 2 aromatic carbocycles. The number of ether oxygens (including phenoxy) is 1. The van der Waals surface area contributed by atoms with E-state index in [4.69, 9.17) is 14.7 Å². The number of fused-ring (bicyclic) bond motifs is 5. The van der Waals surface area contributed by atoms with Gasteiger partial charge in [0.1, 0.15) is 23.8 Å². The summed E-state index contributed by atoms with van der Waals surface area (Å²) in [5.41, 5.74) is 6.52. The van der Waals surface area contributed by atoms with Gasteiger partial charge in [0.05, 0.1) is 22.7 Å². The summed E-state index contributed by atoms with van der Waals surface area (Å²) in [6, 6.07) is 12.1. The van der Waals surface area contributed by atoms with Crippen LogP contribution in [0, 0.1) is 0 Å². The minimum atomic E-state index is -1.31. The van der Waals surface area contributed by atoms with Crippen LogP contribution in [0.4, 0.5) is 0 Å². The third kappa shape index (κ3) is 2.81. The topological polar surface area (TPSA) is 101 Å². The first-order valence-electron chi connectivity index (χ1n) is 10.9. The second-order valence-corrected chi connectivity index (χ2v) is 8.80. The Bertz CT molecular complexity index is 1320. The van der Waals surface area contributed by atoms with Crippen molar-refractivity contribution in [2.45, 2.75) is 63.3 Å². The molecule has 1 saturated heterocycles. The van der Waals surface area contributed by atoms with E-state index in [2.05, 4.69) is 12.1 Å². The fourth-order valence-electron chi connectivity index (χ4n) is 5.12. The minimum Gasteiger partial charge on any atom is -0.388 e. The number of para-hydroxylation sites is 1. The van der Waals surface area contributed by atoms with E-state index in [0.717, 1.165) is 40.3 Å². The summed E-state index contributed by atoms with van der Waals surface area (Å²) in [5.74, 6) is 0. The van der Waals surface area contributed by atoms with Gasteiger partial charge >= 0.3 is 0 Å². The van der Waals surface area contributed by atoms with Crippen molar-refractivity contribution in [2.24, 2.45) is 0 Å². The number of hydrogen-bond acceptors (Lipinski definition) is 6. The number of aryl methyl sites for hydroxylation is 2. The number of aliphatic hydroxyl groups excluding tert-OH is 3. The van der Waals surface area contributed by atoms with E-state index < -0.39 is 30.6 Å². The van der Waals surface area contributed by atoms with Crippen molar-refractivity contribution in [3.63, 3.8) is 0 Å². The van der Waals surface area contributed by atoms with Gasteiger partial charge in [0, 0.05) is 5.39 Å². The SMILES string of the molecule is C[C@@H]1O[C@H](n2c3ccccc3c3nc4cc5c(cc4nc32)CCCC5)[C@H](O)[C@H](O)[C@H]1O. The summed E-state index contributed by atoms with van der Waals surface area (Å²) in [6.45, 7) is 1.69. The van der Waals surface area contributed by atoms with Gasteiger partial charge in [0.25, 0.3) is 0 Å². The summed E-state index contributed by atoms with van der Waals surface area (Å²) in [4.78, 5) is 9.94. The molecule has 2 aliphatic rings. The van der Waals surface area contributed by atoms with Gasteiger partial charge in [-0.1, -0.05) is 18.2 Å². The van der Waals surface area contributed by atoms with Crippen LogP contribution in [0.1, 0.15) is 37.1 Å². The number of aliphatic hydroxyl groups is 3. The largest absolute Gasteiger partial charge is 0.388 e. The Hall–Kier alpha value is -2.58. The highest BCUT2D eigenvalue weighted by atomic mass is 16.5. The van der Waals surface area contributed by atoms with E-state index in [1.54, 1.807) is 6.92 Å². The maximum atomic E-state index is 10.8. The number of benzene rings is 2. The molecule has 2 aromatic heterocycles. The lowest BCUT2D eigenvalue weighted by atomic mass is 9.91. The van der Waals surface area contributed by atoms with Gasteiger partial charge in [-0.25, -0.2) is 9.97 Å². The Kier molecular flexibility index (Phi) is 4.30. The van der Waals surface area contributed by atoms with Crippen LogP contribution in [0.3, 0.4) is 0 Å². The maximum absolute atomic E-state index is 10.8. The zero-order valence-corrected chi connectivity index (χ0v) is 17.3. The molecule has 0 bridgehead atoms. The molecule has 7 heteroatoms. The van der Waals surface area contributed by atoms with Crippen LogP contribution in [0.15, 0.2) is 36.4 Å². The molecule has 0 radical (unpaired) electrons. The average molecular weight is 419 g/mol. The smallest absolute Gasteiger partial charge is 0.164 e. The lowest BCUT2D eigenvalue weighted by Crippen LogP contribution is -2.54. The first kappa shape index (κ1) is 19.1. The molecule has 1 fully saturated rings. The van der Waals surface area contributed by atoms with Gasteiger partial charge in [0.2, 0.25) is 0 Å². The van der Waals surface area contributed by atoms with Crippen molar-refractivity contribution in [3.8, 4) is 0 Å². The molecule has 1 aliphatic heterocycles. The number of nitrogens with zero attached hydrogens (tertiary/aromatic N) is 3. The van der Waals surface area contributed by atoms with Gasteiger partial charge in [0.15, 0.2) is 11.9 Å². The molecule has 3 N–H and O–H groups in total. The van der Waals surface area contributed by atoms with Crippen LogP contribution in [0.5, 0.6) is 0 Å². The first-order chi connectivity index (χ1) is 15.0. The van der Waals surface area contributed by atoms with E-state index in [1.165, 1.54) is 24.0 Å². The summed E-state index contributed by atoms with van der Waals surface area (Å²) in [7, 11) is 0. The third-order valence-corrected chi connectivity index (χ3v) is 6.84. The van der Waals surface area contributed by atoms with E-state index in [1.807, 2.05) is 28.8 Å². The van der Waals surface area contributed by atoms with Crippen molar-refractivity contribution in [1.29, 1.82) is 0 Å². The predicted octanol–water partition coefficient (Wildman–Crippen LogP) is 2.62. The molecule has 160 valence electrons. The summed E-state index contributed by atoms with van der Waals surface area (Å²) in [5, 5.41) is 32.2. The van der Waals surface area contributed by atoms with Crippen molar-refractivity contribution in [2.75, 3.05) is 0 Å². The zero-order valence-electron chi connectivity index (χ0n) is 17.3. The molecule has 6 rings (SSSR count). The standard InChI is InChI=1S/C24H25N3O4/c1-12-20(28)21(29)22(30)24(31-12)27-18-9-5-4-8-15(18)19-23(27)26-17-11-14-7-3-2-6-13(14)10-16(17)25-19/h4-5,8-12,20-22,24,28-30H,2-3,6-7H2,1H3/t12-,20-,21+,22+,24-/m0/s1. The fourth-order valence-corrected chi connectivity index (χ4v) is 5.12. The van der Waals surface area contributed by atoms with Crippen molar-refractivity contribution in [1.82, 2.24) is 14.5 Å². The van der Waals surface area contributed by atoms with Gasteiger partial charge in [-0.05, 0) is 61.9 Å². The molecule has 5 atom stereocenters. The average Bonchev–Trinajstić information content (AvgIpc) is 3.10. The lowest BCUT2D eigenvalue weighted by molar-refractivity contribution is -0.238. The molecule has 4 aromatic rings. The minimum absolute atomic E-state index is 0.601. The molecule has 3 heterocycles. The van der Waals surface area contributed by atoms with Crippen LogP contribution in [0.2, 0.25) is 0 Å². The molecule has 0 saturated carbocycles. The second-order valence-electron chi connectivity index (χ2n) is 8.80. The van der Waals surface area contributed by atoms with Crippen LogP contribution in [-0.4, -0.2) is 54.3 Å².